The molecule has 2 rings (SSSR count). The fraction of sp³-hybridized carbons (Fsp3) is 0.321. The molecule has 1 aromatic heterocycles. The van der Waals surface area contributed by atoms with Gasteiger partial charge in [0, 0.05) is 0 Å². The minimum Gasteiger partial charge on any atom is -0.248 e. The standard InChI is InChI=1S/C18H20F3N.C10H14/c1-5-7-8-10-15(13(3)6-2)17-12-9-11-16(22-17)14(4)18(19,20)21;1-7-5-8(2)10(4)9(3)6-7/h5,7-12H,4,6H2,1-3H3;5-6H,1-4H3/b7-5-,10-8-,15-13?;. The Morgan fingerprint density at radius 3 is 2.06 bits per heavy atom. The lowest BCUT2D eigenvalue weighted by Gasteiger charge is -2.12. The summed E-state index contributed by atoms with van der Waals surface area (Å²) in [7, 11) is 0. The number of nitrogens with zero attached hydrogens (tertiary/aromatic N) is 1. The summed E-state index contributed by atoms with van der Waals surface area (Å²) in [6.45, 7) is 17.6. The molecule has 0 aliphatic rings. The normalized spacial score (nSPS) is 12.6. The lowest BCUT2D eigenvalue weighted by atomic mass is 10.0. The Bertz CT molecular complexity index is 998. The van der Waals surface area contributed by atoms with E-state index in [1.807, 2.05) is 45.1 Å². The Balaban J connectivity index is 0.000000425. The fourth-order valence-electron chi connectivity index (χ4n) is 3.05. The van der Waals surface area contributed by atoms with E-state index in [2.05, 4.69) is 51.4 Å². The van der Waals surface area contributed by atoms with Gasteiger partial charge in [0.1, 0.15) is 0 Å². The lowest BCUT2D eigenvalue weighted by molar-refractivity contribution is -0.0689. The summed E-state index contributed by atoms with van der Waals surface area (Å²) < 4.78 is 38.3. The molecule has 1 nitrogen and oxygen atoms in total. The summed E-state index contributed by atoms with van der Waals surface area (Å²) in [5.74, 6) is 0. The summed E-state index contributed by atoms with van der Waals surface area (Å²) in [6, 6.07) is 9.06. The molecule has 0 saturated heterocycles. The van der Waals surface area contributed by atoms with Gasteiger partial charge in [-0.05, 0) is 82.4 Å². The zero-order chi connectivity index (χ0) is 24.5. The van der Waals surface area contributed by atoms with Gasteiger partial charge in [-0.1, -0.05) is 67.1 Å². The first-order chi connectivity index (χ1) is 14.9. The average molecular weight is 442 g/mol. The molecule has 0 unspecified atom stereocenters. The van der Waals surface area contributed by atoms with Crippen molar-refractivity contribution in [2.45, 2.75) is 61.1 Å². The number of aryl methyl sites for hydroxylation is 3. The number of pyridine rings is 1. The first kappa shape index (κ1) is 27.2. The molecule has 0 N–H and O–H groups in total. The zero-order valence-electron chi connectivity index (χ0n) is 20.2. The zero-order valence-corrected chi connectivity index (χ0v) is 20.2. The van der Waals surface area contributed by atoms with Crippen LogP contribution in [-0.4, -0.2) is 11.2 Å². The molecule has 2 aromatic rings. The quantitative estimate of drug-likeness (QED) is 0.422. The maximum Gasteiger partial charge on any atom is 0.417 e. The van der Waals surface area contributed by atoms with E-state index in [0.29, 0.717) is 5.69 Å². The third kappa shape index (κ3) is 7.99. The number of rotatable bonds is 5. The van der Waals surface area contributed by atoms with Crippen molar-refractivity contribution < 1.29 is 13.2 Å². The third-order valence-electron chi connectivity index (χ3n) is 5.30. The van der Waals surface area contributed by atoms with Crippen molar-refractivity contribution in [3.8, 4) is 0 Å². The second-order valence-electron chi connectivity index (χ2n) is 7.84. The number of alkyl halides is 3. The maximum absolute atomic E-state index is 12.8. The van der Waals surface area contributed by atoms with E-state index in [1.165, 1.54) is 28.3 Å². The Kier molecular flexibility index (Phi) is 10.4. The van der Waals surface area contributed by atoms with Gasteiger partial charge in [-0.15, -0.1) is 0 Å². The molecule has 4 heteroatoms. The Morgan fingerprint density at radius 2 is 1.56 bits per heavy atom. The van der Waals surface area contributed by atoms with Crippen molar-refractivity contribution in [1.82, 2.24) is 4.98 Å². The van der Waals surface area contributed by atoms with E-state index in [-0.39, 0.29) is 5.69 Å². The second kappa shape index (κ2) is 12.2. The van der Waals surface area contributed by atoms with Crippen LogP contribution in [0.4, 0.5) is 13.2 Å². The minimum absolute atomic E-state index is 0.147. The Morgan fingerprint density at radius 1 is 1.00 bits per heavy atom. The van der Waals surface area contributed by atoms with E-state index < -0.39 is 11.7 Å². The molecule has 1 aromatic carbocycles. The van der Waals surface area contributed by atoms with E-state index in [1.54, 1.807) is 12.1 Å². The lowest BCUT2D eigenvalue weighted by Crippen LogP contribution is -2.11. The number of allylic oxidation sites excluding steroid dienone is 7. The molecule has 0 amide bonds. The number of hydrogen-bond acceptors (Lipinski definition) is 1. The number of hydrogen-bond donors (Lipinski definition) is 0. The topological polar surface area (TPSA) is 12.9 Å². The molecule has 0 aliphatic carbocycles. The van der Waals surface area contributed by atoms with Gasteiger partial charge in [0.05, 0.1) is 17.0 Å². The van der Waals surface area contributed by atoms with Crippen molar-refractivity contribution in [3.05, 3.63) is 100 Å². The molecule has 1 heterocycles. The van der Waals surface area contributed by atoms with Crippen molar-refractivity contribution in [2.75, 3.05) is 0 Å². The second-order valence-corrected chi connectivity index (χ2v) is 7.84. The summed E-state index contributed by atoms with van der Waals surface area (Å²) in [5, 5.41) is 0. The molecule has 0 aliphatic heterocycles. The van der Waals surface area contributed by atoms with Gasteiger partial charge in [0.15, 0.2) is 0 Å². The summed E-state index contributed by atoms with van der Waals surface area (Å²) in [5.41, 5.74) is 6.91. The summed E-state index contributed by atoms with van der Waals surface area (Å²) >= 11 is 0. The van der Waals surface area contributed by atoms with Crippen molar-refractivity contribution >= 4 is 11.1 Å². The van der Waals surface area contributed by atoms with E-state index in [0.717, 1.165) is 17.6 Å². The van der Waals surface area contributed by atoms with Crippen LogP contribution in [-0.2, 0) is 0 Å². The highest BCUT2D eigenvalue weighted by molar-refractivity contribution is 5.76. The van der Waals surface area contributed by atoms with E-state index in [9.17, 15) is 13.2 Å². The summed E-state index contributed by atoms with van der Waals surface area (Å²) in [6.07, 6.45) is 3.77. The SMILES string of the molecule is C=C(c1cccc(C(/C=C\C=C/C)=C(C)CC)n1)C(F)(F)F.Cc1cc(C)c(C)c(C)c1. The monoisotopic (exact) mass is 441 g/mol. The van der Waals surface area contributed by atoms with E-state index >= 15 is 0 Å². The summed E-state index contributed by atoms with van der Waals surface area (Å²) in [4.78, 5) is 4.13. The molecule has 0 saturated carbocycles. The van der Waals surface area contributed by atoms with Crippen LogP contribution in [0.25, 0.3) is 11.1 Å². The molecule has 0 bridgehead atoms. The van der Waals surface area contributed by atoms with Crippen LogP contribution in [0.5, 0.6) is 0 Å². The van der Waals surface area contributed by atoms with Gasteiger partial charge in [0.2, 0.25) is 0 Å². The van der Waals surface area contributed by atoms with Gasteiger partial charge in [-0.3, -0.25) is 0 Å². The first-order valence-corrected chi connectivity index (χ1v) is 10.7. The van der Waals surface area contributed by atoms with Crippen molar-refractivity contribution in [1.29, 1.82) is 0 Å². The van der Waals surface area contributed by atoms with Crippen LogP contribution in [0.2, 0.25) is 0 Å². The smallest absolute Gasteiger partial charge is 0.248 e. The number of halogens is 3. The predicted molar refractivity (Wildman–Crippen MR) is 132 cm³/mol. The molecule has 0 radical (unpaired) electrons. The molecule has 0 spiro atoms. The molecule has 0 atom stereocenters. The highest BCUT2D eigenvalue weighted by atomic mass is 19.4. The highest BCUT2D eigenvalue weighted by Crippen LogP contribution is 2.32. The van der Waals surface area contributed by atoms with E-state index in [4.69, 9.17) is 0 Å². The molecular weight excluding hydrogens is 407 g/mol. The third-order valence-corrected chi connectivity index (χ3v) is 5.30. The van der Waals surface area contributed by atoms with Gasteiger partial charge >= 0.3 is 6.18 Å². The van der Waals surface area contributed by atoms with Gasteiger partial charge in [-0.2, -0.15) is 13.2 Å². The fourth-order valence-corrected chi connectivity index (χ4v) is 3.05. The average Bonchev–Trinajstić information content (AvgIpc) is 2.74. The first-order valence-electron chi connectivity index (χ1n) is 10.7. The van der Waals surface area contributed by atoms with Crippen LogP contribution in [0, 0.1) is 27.7 Å². The Labute approximate surface area is 191 Å². The number of benzene rings is 1. The minimum atomic E-state index is -4.48. The van der Waals surface area contributed by atoms with Crippen molar-refractivity contribution in [3.63, 3.8) is 0 Å². The maximum atomic E-state index is 12.8. The Hall–Kier alpha value is -2.88. The van der Waals surface area contributed by atoms with Crippen LogP contribution in [0.3, 0.4) is 0 Å². The molecular formula is C28H34F3N. The largest absolute Gasteiger partial charge is 0.417 e. The van der Waals surface area contributed by atoms with Crippen LogP contribution >= 0.6 is 0 Å². The van der Waals surface area contributed by atoms with Gasteiger partial charge < -0.3 is 0 Å². The van der Waals surface area contributed by atoms with Crippen LogP contribution in [0.15, 0.2) is 66.8 Å². The van der Waals surface area contributed by atoms with Crippen LogP contribution < -0.4 is 0 Å². The van der Waals surface area contributed by atoms with Gasteiger partial charge in [0.25, 0.3) is 0 Å². The molecule has 172 valence electrons. The highest BCUT2D eigenvalue weighted by Gasteiger charge is 2.33. The van der Waals surface area contributed by atoms with Crippen molar-refractivity contribution in [2.24, 2.45) is 0 Å². The molecule has 32 heavy (non-hydrogen) atoms. The molecule has 0 fully saturated rings. The van der Waals surface area contributed by atoms with Crippen LogP contribution in [0.1, 0.15) is 60.8 Å². The number of aromatic nitrogens is 1. The predicted octanol–water partition coefficient (Wildman–Crippen LogP) is 8.89. The van der Waals surface area contributed by atoms with Gasteiger partial charge in [-0.25, -0.2) is 4.98 Å².